The first-order valence-electron chi connectivity index (χ1n) is 14.4. The predicted molar refractivity (Wildman–Crippen MR) is 189 cm³/mol. The number of halogens is 4. The van der Waals surface area contributed by atoms with E-state index < -0.39 is 13.8 Å². The van der Waals surface area contributed by atoms with Gasteiger partial charge in [0.1, 0.15) is 23.3 Å². The standard InChI is InChI=1S/C38H26F4N2P2/c1-45(31-15-7-27(39)8-16-31,32-17-9-28(40)10-18-32)35-23-5-25-3-4-26-6-24-36(44-38(26)37(25)43-35)46(2,33-19-11-29(41)12-20-33)34-21-13-30(42)14-22-34/h3-24H,1-2H2. The molecule has 8 heteroatoms. The highest BCUT2D eigenvalue weighted by molar-refractivity contribution is 7.93. The highest BCUT2D eigenvalue weighted by Gasteiger charge is 2.27. The summed E-state index contributed by atoms with van der Waals surface area (Å²) < 4.78 is 56.1. The maximum atomic E-state index is 14.0. The van der Waals surface area contributed by atoms with Gasteiger partial charge in [0.25, 0.3) is 0 Å². The average molecular weight is 649 g/mol. The fraction of sp³-hybridized carbons (Fsp3) is 0. The first-order valence-corrected chi connectivity index (χ1v) is 18.3. The molecule has 0 radical (unpaired) electrons. The second-order valence-electron chi connectivity index (χ2n) is 11.1. The van der Waals surface area contributed by atoms with Gasteiger partial charge in [-0.1, -0.05) is 85.4 Å². The summed E-state index contributed by atoms with van der Waals surface area (Å²) >= 11 is 0. The predicted octanol–water partition coefficient (Wildman–Crippen LogP) is 6.79. The molecule has 2 nitrogen and oxygen atoms in total. The van der Waals surface area contributed by atoms with Crippen LogP contribution in [0.15, 0.2) is 133 Å². The molecule has 5 aromatic carbocycles. The highest BCUT2D eigenvalue weighted by Crippen LogP contribution is 2.43. The maximum absolute atomic E-state index is 14.0. The van der Waals surface area contributed by atoms with E-state index in [4.69, 9.17) is 22.6 Å². The SMILES string of the molecule is C=P(c1ccc(F)cc1)(c1ccc(F)cc1)c1ccc2ccc3ccc(P(=C)(c4ccc(F)cc4)c4ccc(F)cc4)nc3c2n1. The molecular formula is C38H26F4N2P2. The number of hydrogen-bond donors (Lipinski definition) is 0. The molecule has 0 amide bonds. The molecule has 0 aliphatic rings. The van der Waals surface area contributed by atoms with Gasteiger partial charge in [-0.25, -0.2) is 27.5 Å². The summed E-state index contributed by atoms with van der Waals surface area (Å²) in [5.41, 5.74) is 2.62. The molecule has 0 aliphatic heterocycles. The normalized spacial score (nSPS) is 12.1. The number of rotatable bonds is 6. The number of benzene rings is 5. The fourth-order valence-corrected chi connectivity index (χ4v) is 11.3. The molecule has 2 aromatic heterocycles. The Kier molecular flexibility index (Phi) is 7.51. The molecule has 46 heavy (non-hydrogen) atoms. The first-order chi connectivity index (χ1) is 22.2. The molecule has 0 bridgehead atoms. The fourth-order valence-electron chi connectivity index (χ4n) is 5.78. The topological polar surface area (TPSA) is 25.8 Å². The molecular weight excluding hydrogens is 622 g/mol. The van der Waals surface area contributed by atoms with Crippen molar-refractivity contribution in [3.05, 3.63) is 157 Å². The Labute approximate surface area is 264 Å². The summed E-state index contributed by atoms with van der Waals surface area (Å²) in [5, 5.41) is 4.85. The summed E-state index contributed by atoms with van der Waals surface area (Å²) in [5.74, 6) is -1.48. The van der Waals surface area contributed by atoms with Crippen LogP contribution in [0.3, 0.4) is 0 Å². The summed E-state index contributed by atoms with van der Waals surface area (Å²) in [7, 11) is 0. The van der Waals surface area contributed by atoms with Crippen LogP contribution in [0.25, 0.3) is 21.8 Å². The van der Waals surface area contributed by atoms with E-state index in [1.807, 2.05) is 36.4 Å². The molecule has 0 saturated carbocycles. The molecule has 0 fully saturated rings. The Morgan fingerprint density at radius 3 is 0.848 bits per heavy atom. The van der Waals surface area contributed by atoms with Gasteiger partial charge in [-0.05, 0) is 95.7 Å². The lowest BCUT2D eigenvalue weighted by Crippen LogP contribution is -2.28. The minimum Gasteiger partial charge on any atom is -0.245 e. The van der Waals surface area contributed by atoms with E-state index in [2.05, 4.69) is 0 Å². The highest BCUT2D eigenvalue weighted by atomic mass is 31.2. The van der Waals surface area contributed by atoms with Gasteiger partial charge >= 0.3 is 0 Å². The second kappa shape index (κ2) is 11.6. The van der Waals surface area contributed by atoms with Crippen LogP contribution < -0.4 is 32.1 Å². The molecule has 7 rings (SSSR count). The Hall–Kier alpha value is -4.76. The lowest BCUT2D eigenvalue weighted by Gasteiger charge is -2.26. The van der Waals surface area contributed by atoms with Crippen LogP contribution in [0.1, 0.15) is 0 Å². The Morgan fingerprint density at radius 1 is 0.348 bits per heavy atom. The van der Waals surface area contributed by atoms with Crippen molar-refractivity contribution >= 4 is 80.3 Å². The van der Waals surface area contributed by atoms with E-state index in [-0.39, 0.29) is 23.3 Å². The third-order valence-corrected chi connectivity index (χ3v) is 15.1. The molecule has 0 atom stereocenters. The molecule has 226 valence electrons. The van der Waals surface area contributed by atoms with Crippen molar-refractivity contribution in [1.82, 2.24) is 9.97 Å². The van der Waals surface area contributed by atoms with Crippen LogP contribution in [0, 0.1) is 23.3 Å². The minimum absolute atomic E-state index is 0.370. The van der Waals surface area contributed by atoms with Gasteiger partial charge in [-0.2, -0.15) is 0 Å². The van der Waals surface area contributed by atoms with Crippen molar-refractivity contribution in [3.63, 3.8) is 0 Å². The van der Waals surface area contributed by atoms with Crippen molar-refractivity contribution in [3.8, 4) is 0 Å². The van der Waals surface area contributed by atoms with Crippen molar-refractivity contribution in [2.75, 3.05) is 0 Å². The zero-order valence-corrected chi connectivity index (χ0v) is 26.2. The maximum Gasteiger partial charge on any atom is 0.123 e. The van der Waals surface area contributed by atoms with E-state index in [0.29, 0.717) is 21.9 Å². The number of nitrogens with zero attached hydrogens (tertiary/aromatic N) is 2. The van der Waals surface area contributed by atoms with Crippen LogP contribution in [-0.2, 0) is 0 Å². The van der Waals surface area contributed by atoms with Gasteiger partial charge in [-0.3, -0.25) is 0 Å². The van der Waals surface area contributed by atoms with E-state index in [1.54, 1.807) is 48.5 Å². The minimum atomic E-state index is -2.70. The summed E-state index contributed by atoms with van der Waals surface area (Å²) in [4.78, 5) is 10.4. The molecule has 0 N–H and O–H groups in total. The van der Waals surface area contributed by atoms with Crippen LogP contribution in [0.5, 0.6) is 0 Å². The average Bonchev–Trinajstić information content (AvgIpc) is 3.08. The third-order valence-electron chi connectivity index (χ3n) is 8.34. The molecule has 0 saturated heterocycles. The van der Waals surface area contributed by atoms with Crippen LogP contribution in [0.2, 0.25) is 0 Å². The lowest BCUT2D eigenvalue weighted by atomic mass is 10.1. The quantitative estimate of drug-likeness (QED) is 0.113. The summed E-state index contributed by atoms with van der Waals surface area (Å²) in [6.45, 7) is -5.39. The Balaban J connectivity index is 1.48. The van der Waals surface area contributed by atoms with Crippen LogP contribution in [-0.4, -0.2) is 22.6 Å². The molecule has 0 unspecified atom stereocenters. The number of hydrogen-bond acceptors (Lipinski definition) is 2. The molecule has 7 aromatic rings. The third kappa shape index (κ3) is 5.08. The van der Waals surface area contributed by atoms with Gasteiger partial charge in [-0.15, -0.1) is 0 Å². The zero-order valence-electron chi connectivity index (χ0n) is 24.4. The van der Waals surface area contributed by atoms with Crippen LogP contribution in [0.4, 0.5) is 17.6 Å². The molecule has 2 heterocycles. The summed E-state index contributed by atoms with van der Waals surface area (Å²) in [6.07, 6.45) is 9.39. The Bertz CT molecular complexity index is 2070. The molecule has 0 spiro atoms. The van der Waals surface area contributed by atoms with E-state index >= 15 is 0 Å². The van der Waals surface area contributed by atoms with Crippen molar-refractivity contribution < 1.29 is 17.6 Å². The second-order valence-corrected chi connectivity index (χ2v) is 17.3. The van der Waals surface area contributed by atoms with Crippen molar-refractivity contribution in [2.45, 2.75) is 0 Å². The van der Waals surface area contributed by atoms with Gasteiger partial charge in [0.05, 0.1) is 21.9 Å². The van der Waals surface area contributed by atoms with Gasteiger partial charge < -0.3 is 0 Å². The largest absolute Gasteiger partial charge is 0.245 e. The van der Waals surface area contributed by atoms with Crippen molar-refractivity contribution in [2.24, 2.45) is 0 Å². The van der Waals surface area contributed by atoms with E-state index in [0.717, 1.165) is 32.0 Å². The van der Waals surface area contributed by atoms with Crippen molar-refractivity contribution in [1.29, 1.82) is 0 Å². The summed E-state index contributed by atoms with van der Waals surface area (Å²) in [6, 6.07) is 36.5. The van der Waals surface area contributed by atoms with Crippen LogP contribution >= 0.6 is 13.8 Å². The lowest BCUT2D eigenvalue weighted by molar-refractivity contribution is 0.627. The smallest absolute Gasteiger partial charge is 0.123 e. The molecule has 0 aliphatic carbocycles. The van der Waals surface area contributed by atoms with E-state index in [9.17, 15) is 17.6 Å². The first kappa shape index (κ1) is 29.9. The van der Waals surface area contributed by atoms with E-state index in [1.165, 1.54) is 48.5 Å². The number of fused-ring (bicyclic) bond motifs is 3. The van der Waals surface area contributed by atoms with Gasteiger partial charge in [0, 0.05) is 10.8 Å². The number of pyridine rings is 2. The number of aromatic nitrogens is 2. The van der Waals surface area contributed by atoms with Gasteiger partial charge in [0.2, 0.25) is 0 Å². The zero-order chi connectivity index (χ0) is 32.1. The monoisotopic (exact) mass is 648 g/mol. The van der Waals surface area contributed by atoms with Gasteiger partial charge in [0.15, 0.2) is 0 Å². The Morgan fingerprint density at radius 2 is 0.587 bits per heavy atom.